The molecule has 0 atom stereocenters. The Kier molecular flexibility index (Phi) is 4.98. The first-order chi connectivity index (χ1) is 21.3. The van der Waals surface area contributed by atoms with Crippen molar-refractivity contribution in [3.8, 4) is 22.5 Å². The summed E-state index contributed by atoms with van der Waals surface area (Å²) >= 11 is 0. The van der Waals surface area contributed by atoms with E-state index < -0.39 is 0 Å². The van der Waals surface area contributed by atoms with E-state index in [1.54, 1.807) is 0 Å². The smallest absolute Gasteiger partial charge is 0.267 e. The lowest BCUT2D eigenvalue weighted by molar-refractivity contribution is 1.02. The van der Waals surface area contributed by atoms with E-state index >= 15 is 0 Å². The van der Waals surface area contributed by atoms with Gasteiger partial charge in [0.2, 0.25) is 5.78 Å². The van der Waals surface area contributed by atoms with Crippen LogP contribution in [0.3, 0.4) is 0 Å². The average Bonchev–Trinajstić information content (AvgIpc) is 3.62. The summed E-state index contributed by atoms with van der Waals surface area (Å²) in [6, 6.07) is 49.4. The normalized spacial score (nSPS) is 11.8. The number of fused-ring (bicyclic) bond motifs is 8. The maximum atomic E-state index is 14.7. The van der Waals surface area contributed by atoms with Crippen LogP contribution in [0.25, 0.3) is 72.0 Å². The lowest BCUT2D eigenvalue weighted by Gasteiger charge is -2.14. The molecular weight excluding hydrogens is 528 g/mol. The van der Waals surface area contributed by atoms with Crippen molar-refractivity contribution in [3.63, 3.8) is 0 Å². The second kappa shape index (κ2) is 9.03. The predicted molar refractivity (Wildman–Crippen MR) is 176 cm³/mol. The van der Waals surface area contributed by atoms with Gasteiger partial charge in [0, 0.05) is 22.1 Å². The van der Waals surface area contributed by atoms with E-state index in [1.165, 1.54) is 0 Å². The van der Waals surface area contributed by atoms with Crippen LogP contribution in [-0.4, -0.2) is 18.5 Å². The molecule has 6 aromatic carbocycles. The summed E-state index contributed by atoms with van der Waals surface area (Å²) < 4.78 is 6.20. The zero-order valence-corrected chi connectivity index (χ0v) is 23.1. The first kappa shape index (κ1) is 23.7. The molecule has 0 aliphatic rings. The Morgan fingerprint density at radius 1 is 0.488 bits per heavy atom. The van der Waals surface area contributed by atoms with E-state index in [9.17, 15) is 4.79 Å². The van der Waals surface area contributed by atoms with Gasteiger partial charge in [-0.2, -0.15) is 0 Å². The predicted octanol–water partition coefficient (Wildman–Crippen LogP) is 8.56. The molecule has 5 nitrogen and oxygen atoms in total. The van der Waals surface area contributed by atoms with Crippen LogP contribution in [0, 0.1) is 0 Å². The lowest BCUT2D eigenvalue weighted by Crippen LogP contribution is -2.18. The third kappa shape index (κ3) is 3.39. The SMILES string of the molecule is O=c1c2cc(-c3ccccc3)ccc2n(-c2ccccc2)c2nc3ccc4c(c5ccccc5n4-c4ccccc4)c3n12. The molecule has 0 saturated carbocycles. The van der Waals surface area contributed by atoms with Crippen LogP contribution < -0.4 is 5.56 Å². The summed E-state index contributed by atoms with van der Waals surface area (Å²) in [6.45, 7) is 0. The van der Waals surface area contributed by atoms with Crippen LogP contribution in [0.4, 0.5) is 0 Å². The molecule has 9 rings (SSSR count). The molecule has 0 spiro atoms. The summed E-state index contributed by atoms with van der Waals surface area (Å²) in [5.74, 6) is 0.593. The zero-order valence-electron chi connectivity index (χ0n) is 23.1. The Labute approximate surface area is 246 Å². The van der Waals surface area contributed by atoms with Gasteiger partial charge >= 0.3 is 0 Å². The summed E-state index contributed by atoms with van der Waals surface area (Å²) in [7, 11) is 0. The largest absolute Gasteiger partial charge is 0.309 e. The van der Waals surface area contributed by atoms with Gasteiger partial charge in [0.05, 0.1) is 33.0 Å². The van der Waals surface area contributed by atoms with Crippen molar-refractivity contribution in [2.75, 3.05) is 0 Å². The molecule has 0 amide bonds. The Hall–Kier alpha value is -5.94. The minimum Gasteiger partial charge on any atom is -0.309 e. The molecule has 43 heavy (non-hydrogen) atoms. The maximum Gasteiger partial charge on any atom is 0.267 e. The highest BCUT2D eigenvalue weighted by atomic mass is 16.1. The number of nitrogens with zero attached hydrogens (tertiary/aromatic N) is 4. The molecule has 5 heteroatoms. The van der Waals surface area contributed by atoms with Crippen molar-refractivity contribution in [1.82, 2.24) is 18.5 Å². The molecule has 202 valence electrons. The van der Waals surface area contributed by atoms with Crippen LogP contribution in [0.2, 0.25) is 0 Å². The first-order valence-electron chi connectivity index (χ1n) is 14.4. The molecule has 9 aromatic rings. The topological polar surface area (TPSA) is 44.2 Å². The number of imidazole rings is 1. The Bertz CT molecular complexity index is 2560. The van der Waals surface area contributed by atoms with Gasteiger partial charge in [-0.15, -0.1) is 0 Å². The van der Waals surface area contributed by atoms with E-state index in [0.717, 1.165) is 60.9 Å². The fraction of sp³-hybridized carbons (Fsp3) is 0. The number of hydrogen-bond acceptors (Lipinski definition) is 2. The van der Waals surface area contributed by atoms with E-state index in [1.807, 2.05) is 65.1 Å². The number of benzene rings is 6. The fourth-order valence-electron chi connectivity index (χ4n) is 6.58. The number of hydrogen-bond donors (Lipinski definition) is 0. The summed E-state index contributed by atoms with van der Waals surface area (Å²) in [5, 5.41) is 2.73. The highest BCUT2D eigenvalue weighted by molar-refractivity contribution is 6.20. The van der Waals surface area contributed by atoms with E-state index in [2.05, 4.69) is 94.1 Å². The first-order valence-corrected chi connectivity index (χ1v) is 14.4. The van der Waals surface area contributed by atoms with Crippen LogP contribution in [0.1, 0.15) is 0 Å². The van der Waals surface area contributed by atoms with Crippen molar-refractivity contribution in [3.05, 3.63) is 156 Å². The minimum atomic E-state index is -0.0819. The number of para-hydroxylation sites is 3. The third-order valence-electron chi connectivity index (χ3n) is 8.44. The van der Waals surface area contributed by atoms with Gasteiger partial charge in [0.15, 0.2) is 0 Å². The second-order valence-electron chi connectivity index (χ2n) is 10.8. The van der Waals surface area contributed by atoms with Gasteiger partial charge in [-0.05, 0) is 65.7 Å². The van der Waals surface area contributed by atoms with Crippen molar-refractivity contribution < 1.29 is 0 Å². The molecule has 3 heterocycles. The zero-order chi connectivity index (χ0) is 28.5. The summed E-state index contributed by atoms with van der Waals surface area (Å²) in [4.78, 5) is 19.8. The lowest BCUT2D eigenvalue weighted by atomic mass is 10.0. The molecule has 0 aliphatic heterocycles. The summed E-state index contributed by atoms with van der Waals surface area (Å²) in [5.41, 5.74) is 8.54. The molecule has 0 aliphatic carbocycles. The van der Waals surface area contributed by atoms with Crippen LogP contribution in [-0.2, 0) is 0 Å². The van der Waals surface area contributed by atoms with Crippen molar-refractivity contribution in [1.29, 1.82) is 0 Å². The maximum absolute atomic E-state index is 14.7. The van der Waals surface area contributed by atoms with Gasteiger partial charge in [-0.3, -0.25) is 9.36 Å². The van der Waals surface area contributed by atoms with Crippen LogP contribution in [0.5, 0.6) is 0 Å². The second-order valence-corrected chi connectivity index (χ2v) is 10.8. The Balaban J connectivity index is 1.50. The molecule has 3 aromatic heterocycles. The molecule has 0 radical (unpaired) electrons. The monoisotopic (exact) mass is 552 g/mol. The molecular formula is C38H24N4O. The fourth-order valence-corrected chi connectivity index (χ4v) is 6.58. The summed E-state index contributed by atoms with van der Waals surface area (Å²) in [6.07, 6.45) is 0. The number of rotatable bonds is 3. The molecule has 0 fully saturated rings. The van der Waals surface area contributed by atoms with Gasteiger partial charge < -0.3 is 4.57 Å². The number of aromatic nitrogens is 4. The highest BCUT2D eigenvalue weighted by Gasteiger charge is 2.22. The van der Waals surface area contributed by atoms with Crippen molar-refractivity contribution in [2.45, 2.75) is 0 Å². The molecule has 0 bridgehead atoms. The van der Waals surface area contributed by atoms with E-state index in [-0.39, 0.29) is 5.56 Å². The average molecular weight is 553 g/mol. The van der Waals surface area contributed by atoms with Crippen molar-refractivity contribution >= 4 is 49.5 Å². The molecule has 0 N–H and O–H groups in total. The van der Waals surface area contributed by atoms with Gasteiger partial charge in [0.1, 0.15) is 0 Å². The van der Waals surface area contributed by atoms with Crippen LogP contribution >= 0.6 is 0 Å². The quantitative estimate of drug-likeness (QED) is 0.220. The standard InChI is InChI=1S/C38H24N4O/c43-37-30-24-26(25-12-4-1-5-13-25)20-22-33(30)41(28-16-8-3-9-17-28)38-39-31-21-23-34-35(36(31)42(37)38)29-18-10-11-19-32(29)40(34)27-14-6-2-7-15-27/h1-24H. The molecule has 0 saturated heterocycles. The van der Waals surface area contributed by atoms with Crippen LogP contribution in [0.15, 0.2) is 150 Å². The van der Waals surface area contributed by atoms with Gasteiger partial charge in [-0.25, -0.2) is 9.38 Å². The Morgan fingerprint density at radius 2 is 1.09 bits per heavy atom. The van der Waals surface area contributed by atoms with Gasteiger partial charge in [-0.1, -0.05) is 91.0 Å². The Morgan fingerprint density at radius 3 is 1.84 bits per heavy atom. The van der Waals surface area contributed by atoms with Gasteiger partial charge in [0.25, 0.3) is 5.56 Å². The third-order valence-corrected chi connectivity index (χ3v) is 8.44. The van der Waals surface area contributed by atoms with E-state index in [4.69, 9.17) is 4.98 Å². The van der Waals surface area contributed by atoms with Crippen molar-refractivity contribution in [2.24, 2.45) is 0 Å². The minimum absolute atomic E-state index is 0.0819. The molecule has 0 unspecified atom stereocenters. The highest BCUT2D eigenvalue weighted by Crippen LogP contribution is 2.37. The van der Waals surface area contributed by atoms with E-state index in [0.29, 0.717) is 11.2 Å².